The lowest BCUT2D eigenvalue weighted by Gasteiger charge is -2.12. The second kappa shape index (κ2) is 8.65. The van der Waals surface area contributed by atoms with Crippen LogP contribution >= 0.6 is 0 Å². The van der Waals surface area contributed by atoms with Crippen LogP contribution in [0.25, 0.3) is 10.9 Å². The Labute approximate surface area is 182 Å². The number of hydrogen-bond acceptors (Lipinski definition) is 3. The fourth-order valence-electron chi connectivity index (χ4n) is 3.17. The molecule has 0 saturated heterocycles. The summed E-state index contributed by atoms with van der Waals surface area (Å²) in [4.78, 5) is 29.0. The van der Waals surface area contributed by atoms with Crippen molar-refractivity contribution in [3.63, 3.8) is 0 Å². The summed E-state index contributed by atoms with van der Waals surface area (Å²) in [6.07, 6.45) is 1.52. The molecule has 0 atom stereocenters. The fraction of sp³-hybridized carbons (Fsp3) is 0. The van der Waals surface area contributed by atoms with Crippen LogP contribution in [0.15, 0.2) is 60.8 Å². The highest BCUT2D eigenvalue weighted by molar-refractivity contribution is 6.11. The first-order valence-corrected chi connectivity index (χ1v) is 9.34. The van der Waals surface area contributed by atoms with Gasteiger partial charge in [-0.3, -0.25) is 9.78 Å². The minimum Gasteiger partial charge on any atom is -0.308 e. The number of hydrogen-bond donors (Lipinski definition) is 2. The molecule has 4 aromatic rings. The van der Waals surface area contributed by atoms with E-state index in [2.05, 4.69) is 4.98 Å². The molecule has 0 aliphatic carbocycles. The van der Waals surface area contributed by atoms with Gasteiger partial charge in [0.05, 0.1) is 16.8 Å². The summed E-state index contributed by atoms with van der Waals surface area (Å²) in [6.45, 7) is 0. The average Bonchev–Trinajstić information content (AvgIpc) is 2.76. The normalized spacial score (nSPS) is 10.8. The zero-order chi connectivity index (χ0) is 23.7. The number of pyridine rings is 1. The van der Waals surface area contributed by atoms with E-state index < -0.39 is 52.2 Å². The molecular formula is C23H12F5N3O2. The molecule has 0 aliphatic rings. The van der Waals surface area contributed by atoms with Crippen LogP contribution in [-0.2, 0) is 0 Å². The molecule has 0 bridgehead atoms. The number of fused-ring (bicyclic) bond motifs is 1. The zero-order valence-electron chi connectivity index (χ0n) is 16.4. The smallest absolute Gasteiger partial charge is 0.308 e. The first-order valence-electron chi connectivity index (χ1n) is 9.34. The number of carbonyl (C=O) groups is 2. The van der Waals surface area contributed by atoms with Crippen LogP contribution in [0.5, 0.6) is 0 Å². The van der Waals surface area contributed by atoms with E-state index in [4.69, 9.17) is 0 Å². The maximum atomic E-state index is 15.0. The van der Waals surface area contributed by atoms with Gasteiger partial charge in [-0.1, -0.05) is 6.07 Å². The first-order chi connectivity index (χ1) is 15.7. The van der Waals surface area contributed by atoms with Gasteiger partial charge in [0.25, 0.3) is 0 Å². The second-order valence-corrected chi connectivity index (χ2v) is 6.89. The lowest BCUT2D eigenvalue weighted by Crippen LogP contribution is -2.22. The molecule has 2 N–H and O–H groups in total. The van der Waals surface area contributed by atoms with Crippen molar-refractivity contribution in [3.05, 3.63) is 101 Å². The summed E-state index contributed by atoms with van der Waals surface area (Å²) in [7, 11) is 0. The molecule has 2 amide bonds. The van der Waals surface area contributed by atoms with Gasteiger partial charge in [0, 0.05) is 35.0 Å². The van der Waals surface area contributed by atoms with Gasteiger partial charge in [-0.2, -0.15) is 0 Å². The number of urea groups is 1. The molecule has 0 fully saturated rings. The number of benzene rings is 3. The number of halogens is 5. The van der Waals surface area contributed by atoms with E-state index in [-0.39, 0.29) is 11.3 Å². The van der Waals surface area contributed by atoms with Crippen molar-refractivity contribution < 1.29 is 31.5 Å². The molecular weight excluding hydrogens is 445 g/mol. The van der Waals surface area contributed by atoms with E-state index in [9.17, 15) is 31.5 Å². The van der Waals surface area contributed by atoms with Gasteiger partial charge in [0.1, 0.15) is 11.6 Å². The van der Waals surface area contributed by atoms with Gasteiger partial charge >= 0.3 is 6.03 Å². The molecule has 5 nitrogen and oxygen atoms in total. The number of nitrogens with zero attached hydrogens (tertiary/aromatic N) is 1. The third kappa shape index (κ3) is 4.49. The van der Waals surface area contributed by atoms with E-state index >= 15 is 0 Å². The van der Waals surface area contributed by atoms with Crippen LogP contribution in [-0.4, -0.2) is 16.8 Å². The molecule has 10 heteroatoms. The van der Waals surface area contributed by atoms with Gasteiger partial charge in [-0.25, -0.2) is 26.7 Å². The van der Waals surface area contributed by atoms with Crippen molar-refractivity contribution in [2.75, 3.05) is 10.6 Å². The average molecular weight is 457 g/mol. The van der Waals surface area contributed by atoms with Gasteiger partial charge in [-0.05, 0) is 36.4 Å². The van der Waals surface area contributed by atoms with Gasteiger partial charge in [-0.15, -0.1) is 0 Å². The van der Waals surface area contributed by atoms with Crippen LogP contribution in [0, 0.1) is 29.1 Å². The Kier molecular flexibility index (Phi) is 5.74. The highest BCUT2D eigenvalue weighted by atomic mass is 19.2. The number of carbonyl (C=O) groups excluding carboxylic acids is 2. The van der Waals surface area contributed by atoms with Crippen LogP contribution in [0.1, 0.15) is 15.9 Å². The lowest BCUT2D eigenvalue weighted by atomic mass is 9.99. The van der Waals surface area contributed by atoms with Crippen LogP contribution in [0.4, 0.5) is 38.1 Å². The summed E-state index contributed by atoms with van der Waals surface area (Å²) in [5, 5.41) is 4.45. The van der Waals surface area contributed by atoms with Crippen molar-refractivity contribution >= 4 is 34.1 Å². The maximum Gasteiger partial charge on any atom is 0.323 e. The SMILES string of the molecule is O=C(Nc1cc(F)cc(F)c1)Nc1cc(F)c(F)c(C(=O)c2ccc3ncccc3c2)c1F. The molecule has 1 aromatic heterocycles. The van der Waals surface area contributed by atoms with E-state index in [0.29, 0.717) is 23.0 Å². The summed E-state index contributed by atoms with van der Waals surface area (Å²) < 4.78 is 70.1. The Balaban J connectivity index is 1.66. The van der Waals surface area contributed by atoms with E-state index in [0.717, 1.165) is 12.1 Å². The van der Waals surface area contributed by atoms with Crippen molar-refractivity contribution in [1.82, 2.24) is 4.98 Å². The standard InChI is InChI=1S/C23H12F5N3O2/c24-13-7-14(25)9-15(8-13)30-23(33)31-18-10-16(26)20(27)19(21(18)28)22(32)12-3-4-17-11(6-12)2-1-5-29-17/h1-10H,(H2,30,31,33). The Bertz CT molecular complexity index is 1400. The first kappa shape index (κ1) is 21.9. The Morgan fingerprint density at radius 3 is 2.24 bits per heavy atom. The molecule has 0 spiro atoms. The largest absolute Gasteiger partial charge is 0.323 e. The van der Waals surface area contributed by atoms with Crippen LogP contribution < -0.4 is 10.6 Å². The summed E-state index contributed by atoms with van der Waals surface area (Å²) >= 11 is 0. The van der Waals surface area contributed by atoms with Crippen LogP contribution in [0.2, 0.25) is 0 Å². The molecule has 1 heterocycles. The van der Waals surface area contributed by atoms with E-state index in [1.807, 2.05) is 10.6 Å². The van der Waals surface area contributed by atoms with Crippen molar-refractivity contribution in [2.24, 2.45) is 0 Å². The van der Waals surface area contributed by atoms with Crippen LogP contribution in [0.3, 0.4) is 0 Å². The third-order valence-electron chi connectivity index (χ3n) is 4.62. The number of nitrogens with one attached hydrogen (secondary N) is 2. The number of ketones is 1. The molecule has 166 valence electrons. The summed E-state index contributed by atoms with van der Waals surface area (Å²) in [5.41, 5.74) is -1.99. The van der Waals surface area contributed by atoms with Gasteiger partial charge < -0.3 is 10.6 Å². The predicted octanol–water partition coefficient (Wildman–Crippen LogP) is 5.81. The minimum atomic E-state index is -1.73. The molecule has 0 radical (unpaired) electrons. The summed E-state index contributed by atoms with van der Waals surface area (Å²) in [6, 6.07) is 8.59. The lowest BCUT2D eigenvalue weighted by molar-refractivity contribution is 0.103. The number of aromatic nitrogens is 1. The highest BCUT2D eigenvalue weighted by Gasteiger charge is 2.26. The van der Waals surface area contributed by atoms with E-state index in [1.165, 1.54) is 24.4 Å². The van der Waals surface area contributed by atoms with Crippen molar-refractivity contribution in [2.45, 2.75) is 0 Å². The Morgan fingerprint density at radius 1 is 0.788 bits per heavy atom. The van der Waals surface area contributed by atoms with Crippen molar-refractivity contribution in [3.8, 4) is 0 Å². The van der Waals surface area contributed by atoms with Crippen molar-refractivity contribution in [1.29, 1.82) is 0 Å². The molecule has 33 heavy (non-hydrogen) atoms. The summed E-state index contributed by atoms with van der Waals surface area (Å²) in [5.74, 6) is -7.97. The monoisotopic (exact) mass is 457 g/mol. The molecule has 4 rings (SSSR count). The molecule has 0 aliphatic heterocycles. The topological polar surface area (TPSA) is 71.1 Å². The Hall–Kier alpha value is -4.34. The fourth-order valence-corrected chi connectivity index (χ4v) is 3.17. The second-order valence-electron chi connectivity index (χ2n) is 6.89. The predicted molar refractivity (Wildman–Crippen MR) is 110 cm³/mol. The molecule has 0 unspecified atom stereocenters. The van der Waals surface area contributed by atoms with Gasteiger partial charge in [0.15, 0.2) is 23.2 Å². The number of amides is 2. The molecule has 3 aromatic carbocycles. The number of rotatable bonds is 4. The zero-order valence-corrected chi connectivity index (χ0v) is 16.4. The maximum absolute atomic E-state index is 15.0. The molecule has 0 saturated carbocycles. The number of anilines is 2. The van der Waals surface area contributed by atoms with Gasteiger partial charge in [0.2, 0.25) is 0 Å². The highest BCUT2D eigenvalue weighted by Crippen LogP contribution is 2.27. The Morgan fingerprint density at radius 2 is 1.52 bits per heavy atom. The van der Waals surface area contributed by atoms with E-state index in [1.54, 1.807) is 12.1 Å². The third-order valence-corrected chi connectivity index (χ3v) is 4.62. The minimum absolute atomic E-state index is 0.135. The quantitative estimate of drug-likeness (QED) is 0.231.